The van der Waals surface area contributed by atoms with E-state index in [1.54, 1.807) is 18.5 Å². The van der Waals surface area contributed by atoms with Gasteiger partial charge in [-0.3, -0.25) is 0 Å². The Balaban J connectivity index is 0.000000455. The number of aromatic nitrogens is 3. The molecule has 0 aliphatic rings. The molecule has 0 spiro atoms. The number of pyridine rings is 1. The van der Waals surface area contributed by atoms with Crippen molar-refractivity contribution in [3.63, 3.8) is 0 Å². The summed E-state index contributed by atoms with van der Waals surface area (Å²) in [6.07, 6.45) is 0.490. The van der Waals surface area contributed by atoms with E-state index in [0.29, 0.717) is 16.4 Å². The highest BCUT2D eigenvalue weighted by Crippen LogP contribution is 2.31. The summed E-state index contributed by atoms with van der Waals surface area (Å²) in [6.45, 7) is 13.4. The molecule has 0 bridgehead atoms. The van der Waals surface area contributed by atoms with Gasteiger partial charge in [-0.05, 0) is 77.1 Å². The molecule has 39 heavy (non-hydrogen) atoms. The van der Waals surface area contributed by atoms with Crippen molar-refractivity contribution in [1.82, 2.24) is 15.0 Å². The van der Waals surface area contributed by atoms with Crippen LogP contribution in [0.25, 0.3) is 11.4 Å². The van der Waals surface area contributed by atoms with Crippen LogP contribution >= 0.6 is 23.2 Å². The van der Waals surface area contributed by atoms with Gasteiger partial charge in [-0.25, -0.2) is 15.0 Å². The molecule has 1 N–H and O–H groups in total. The minimum atomic E-state index is -4.57. The molecule has 0 saturated carbocycles. The number of alkyl halides is 3. The highest BCUT2D eigenvalue weighted by Gasteiger charge is 2.33. The van der Waals surface area contributed by atoms with Crippen LogP contribution in [0.3, 0.4) is 0 Å². The molecule has 0 amide bonds. The Kier molecular flexibility index (Phi) is 12.1. The Hall–Kier alpha value is -3.30. The number of hydrogen-bond acceptors (Lipinski definition) is 6. The summed E-state index contributed by atoms with van der Waals surface area (Å²) in [6, 6.07) is 9.65. The summed E-state index contributed by atoms with van der Waals surface area (Å²) < 4.78 is 49.4. The van der Waals surface area contributed by atoms with E-state index in [4.69, 9.17) is 32.7 Å². The topological polar surface area (TPSA) is 69.2 Å². The molecule has 6 nitrogen and oxygen atoms in total. The Morgan fingerprint density at radius 3 is 2.18 bits per heavy atom. The fraction of sp³-hybridized carbons (Fsp3) is 0.321. The highest BCUT2D eigenvalue weighted by molar-refractivity contribution is 6.31. The molecule has 11 heteroatoms. The van der Waals surface area contributed by atoms with Crippen LogP contribution in [0.2, 0.25) is 5.15 Å². The van der Waals surface area contributed by atoms with Gasteiger partial charge in [-0.2, -0.15) is 13.2 Å². The number of nitrogens with zero attached hydrogens (tertiary/aromatic N) is 3. The second-order valence-electron chi connectivity index (χ2n) is 8.80. The molecular formula is C28H31Cl2F3N4O2. The number of nitrogens with one attached hydrogen (secondary N) is 1. The van der Waals surface area contributed by atoms with Crippen LogP contribution in [0.4, 0.5) is 18.9 Å². The number of halogens is 5. The van der Waals surface area contributed by atoms with Gasteiger partial charge in [0.25, 0.3) is 0 Å². The summed E-state index contributed by atoms with van der Waals surface area (Å²) in [5.74, 6) is 2.03. The maximum absolute atomic E-state index is 12.8. The van der Waals surface area contributed by atoms with Crippen LogP contribution in [-0.2, 0) is 17.5 Å². The maximum Gasteiger partial charge on any atom is 0.433 e. The molecule has 0 saturated heterocycles. The van der Waals surface area contributed by atoms with Crippen molar-refractivity contribution in [3.05, 3.63) is 88.6 Å². The van der Waals surface area contributed by atoms with Crippen LogP contribution < -0.4 is 10.1 Å². The van der Waals surface area contributed by atoms with Gasteiger partial charge in [0.2, 0.25) is 0 Å². The van der Waals surface area contributed by atoms with E-state index in [-0.39, 0.29) is 29.6 Å². The molecule has 0 atom stereocenters. The van der Waals surface area contributed by atoms with Gasteiger partial charge in [0.05, 0.1) is 17.2 Å². The lowest BCUT2D eigenvalue weighted by molar-refractivity contribution is -0.141. The lowest BCUT2D eigenvalue weighted by Crippen LogP contribution is -2.09. The third-order valence-corrected chi connectivity index (χ3v) is 5.31. The molecule has 1 aromatic carbocycles. The van der Waals surface area contributed by atoms with Crippen LogP contribution in [0.1, 0.15) is 45.9 Å². The van der Waals surface area contributed by atoms with E-state index in [9.17, 15) is 13.2 Å². The van der Waals surface area contributed by atoms with Crippen LogP contribution in [0, 0.1) is 0 Å². The molecule has 210 valence electrons. The second kappa shape index (κ2) is 14.7. The average Bonchev–Trinajstić information content (AvgIpc) is 2.86. The Labute approximate surface area is 236 Å². The van der Waals surface area contributed by atoms with E-state index in [1.807, 2.05) is 58.9 Å². The predicted molar refractivity (Wildman–Crippen MR) is 150 cm³/mol. The minimum absolute atomic E-state index is 0.0892. The van der Waals surface area contributed by atoms with Crippen LogP contribution in [-0.4, -0.2) is 27.2 Å². The van der Waals surface area contributed by atoms with Crippen molar-refractivity contribution in [2.24, 2.45) is 0 Å². The van der Waals surface area contributed by atoms with Crippen molar-refractivity contribution < 1.29 is 22.6 Å². The first-order valence-corrected chi connectivity index (χ1v) is 12.8. The molecule has 2 aromatic heterocycles. The van der Waals surface area contributed by atoms with Crippen molar-refractivity contribution >= 4 is 28.9 Å². The number of benzene rings is 1. The van der Waals surface area contributed by atoms with Gasteiger partial charge in [-0.15, -0.1) is 0 Å². The number of ether oxygens (including phenoxy) is 2. The van der Waals surface area contributed by atoms with Gasteiger partial charge in [0, 0.05) is 35.8 Å². The third kappa shape index (κ3) is 11.1. The normalized spacial score (nSPS) is 11.9. The lowest BCUT2D eigenvalue weighted by Gasteiger charge is -2.11. The summed E-state index contributed by atoms with van der Waals surface area (Å²) >= 11 is 11.4. The standard InChI is InChI=1S/C20H18ClF3N4O.C8H13ClO/c1-12(2)29-16-5-3-14(4-6-16)19-26-10-13(11-27-19)9-25-15-7-17(20(22,23)24)28-18(21)8-15;1-5-8(9)7(4)10-6(2)3/h3-8,10-12H,9H2,1-2H3,(H,25,28);5-6H,1H2,2-4H3/b;8-7-. The summed E-state index contributed by atoms with van der Waals surface area (Å²) in [5.41, 5.74) is 0.692. The summed E-state index contributed by atoms with van der Waals surface area (Å²) in [5, 5.41) is 3.22. The largest absolute Gasteiger partial charge is 0.494 e. The summed E-state index contributed by atoms with van der Waals surface area (Å²) in [4.78, 5) is 11.9. The zero-order valence-electron chi connectivity index (χ0n) is 22.3. The Morgan fingerprint density at radius 2 is 1.67 bits per heavy atom. The Bertz CT molecular complexity index is 1250. The van der Waals surface area contributed by atoms with Gasteiger partial charge in [-0.1, -0.05) is 29.8 Å². The van der Waals surface area contributed by atoms with E-state index in [2.05, 4.69) is 26.8 Å². The molecular weight excluding hydrogens is 552 g/mol. The number of hydrogen-bond donors (Lipinski definition) is 1. The van der Waals surface area contributed by atoms with E-state index in [0.717, 1.165) is 23.1 Å². The number of allylic oxidation sites excluding steroid dienone is 3. The SMILES string of the molecule is C=C/C(Cl)=C(\C)OC(C)C.CC(C)Oc1ccc(-c2ncc(CNc3cc(Cl)nc(C(F)(F)F)c3)cn2)cc1. The molecule has 0 fully saturated rings. The first-order chi connectivity index (χ1) is 18.3. The van der Waals surface area contributed by atoms with Gasteiger partial charge < -0.3 is 14.8 Å². The van der Waals surface area contributed by atoms with Crippen molar-refractivity contribution in [3.8, 4) is 17.1 Å². The van der Waals surface area contributed by atoms with Crippen LogP contribution in [0.15, 0.2) is 72.2 Å². The zero-order chi connectivity index (χ0) is 29.2. The van der Waals surface area contributed by atoms with Gasteiger partial charge >= 0.3 is 6.18 Å². The van der Waals surface area contributed by atoms with E-state index in [1.165, 1.54) is 6.07 Å². The molecule has 2 heterocycles. The zero-order valence-corrected chi connectivity index (χ0v) is 23.8. The fourth-order valence-corrected chi connectivity index (χ4v) is 3.30. The molecule has 0 radical (unpaired) electrons. The molecule has 3 rings (SSSR count). The molecule has 0 unspecified atom stereocenters. The Morgan fingerprint density at radius 1 is 1.05 bits per heavy atom. The van der Waals surface area contributed by atoms with Gasteiger partial charge in [0.1, 0.15) is 22.4 Å². The maximum atomic E-state index is 12.8. The minimum Gasteiger partial charge on any atom is -0.494 e. The summed E-state index contributed by atoms with van der Waals surface area (Å²) in [7, 11) is 0. The lowest BCUT2D eigenvalue weighted by atomic mass is 10.2. The molecule has 0 aliphatic carbocycles. The predicted octanol–water partition coefficient (Wildman–Crippen LogP) is 8.68. The van der Waals surface area contributed by atoms with Crippen molar-refractivity contribution in [1.29, 1.82) is 0 Å². The monoisotopic (exact) mass is 582 g/mol. The van der Waals surface area contributed by atoms with Crippen molar-refractivity contribution in [2.45, 2.75) is 59.5 Å². The fourth-order valence-electron chi connectivity index (χ4n) is 3.05. The average molecular weight is 583 g/mol. The first kappa shape index (κ1) is 31.9. The third-order valence-electron chi connectivity index (χ3n) is 4.70. The first-order valence-electron chi connectivity index (χ1n) is 12.0. The quantitative estimate of drug-likeness (QED) is 0.154. The van der Waals surface area contributed by atoms with Crippen molar-refractivity contribution in [2.75, 3.05) is 5.32 Å². The van der Waals surface area contributed by atoms with Gasteiger partial charge in [0.15, 0.2) is 5.82 Å². The van der Waals surface area contributed by atoms with Crippen LogP contribution in [0.5, 0.6) is 5.75 Å². The number of anilines is 1. The molecule has 3 aromatic rings. The molecule has 0 aliphatic heterocycles. The smallest absolute Gasteiger partial charge is 0.433 e. The van der Waals surface area contributed by atoms with E-state index < -0.39 is 11.9 Å². The number of rotatable bonds is 9. The highest BCUT2D eigenvalue weighted by atomic mass is 35.5. The second-order valence-corrected chi connectivity index (χ2v) is 9.59. The van der Waals surface area contributed by atoms with E-state index >= 15 is 0 Å².